The highest BCUT2D eigenvalue weighted by Gasteiger charge is 1.71. The van der Waals surface area contributed by atoms with Gasteiger partial charge in [-0.2, -0.15) is 0 Å². The van der Waals surface area contributed by atoms with Crippen LogP contribution in [0.25, 0.3) is 0 Å². The minimum absolute atomic E-state index is 0.306. The molecule has 0 aromatic heterocycles. The first kappa shape index (κ1) is 9.51. The van der Waals surface area contributed by atoms with Crippen LogP contribution in [-0.4, -0.2) is 5.38 Å². The maximum Gasteiger partial charge on any atom is 0.0279 e. The highest BCUT2D eigenvalue weighted by molar-refractivity contribution is 6.20. The van der Waals surface area contributed by atoms with Gasteiger partial charge in [-0.05, 0) is 13.8 Å². The predicted octanol–water partition coefficient (Wildman–Crippen LogP) is 3.32. The van der Waals surface area contributed by atoms with E-state index < -0.39 is 0 Å². The summed E-state index contributed by atoms with van der Waals surface area (Å²) >= 11 is 5.27. The van der Waals surface area contributed by atoms with E-state index >= 15 is 0 Å². The molecule has 1 heteroatoms. The monoisotopic (exact) mass is 156 g/mol. The second-order valence-corrected chi connectivity index (χ2v) is 3.04. The van der Waals surface area contributed by atoms with Crippen molar-refractivity contribution >= 4 is 11.6 Å². The van der Waals surface area contributed by atoms with E-state index in [0.717, 1.165) is 0 Å². The van der Waals surface area contributed by atoms with Crippen molar-refractivity contribution in [2.24, 2.45) is 0 Å². The second-order valence-electron chi connectivity index (χ2n) is 2.17. The fourth-order valence-corrected chi connectivity index (χ4v) is 0.385. The molecule has 0 radical (unpaired) electrons. The minimum atomic E-state index is 0.306. The average Bonchev–Trinajstić information content (AvgIpc) is 1.90. The Hall–Kier alpha value is -0.490. The Kier molecular flexibility index (Phi) is 6.30. The van der Waals surface area contributed by atoms with Gasteiger partial charge in [-0.25, -0.2) is 0 Å². The van der Waals surface area contributed by atoms with Gasteiger partial charge in [0, 0.05) is 5.38 Å². The largest absolute Gasteiger partial charge is 0.124 e. The highest BCUT2D eigenvalue weighted by Crippen LogP contribution is 1.84. The van der Waals surface area contributed by atoms with E-state index in [0.29, 0.717) is 5.38 Å². The topological polar surface area (TPSA) is 0 Å². The molecule has 1 aromatic rings. The summed E-state index contributed by atoms with van der Waals surface area (Å²) < 4.78 is 0. The molecule has 56 valence electrons. The normalized spacial score (nSPS) is 8.40. The van der Waals surface area contributed by atoms with Gasteiger partial charge in [-0.1, -0.05) is 36.4 Å². The van der Waals surface area contributed by atoms with Gasteiger partial charge in [-0.15, -0.1) is 11.6 Å². The summed E-state index contributed by atoms with van der Waals surface area (Å²) in [5, 5.41) is 0.306. The van der Waals surface area contributed by atoms with Crippen LogP contribution in [0.4, 0.5) is 0 Å². The van der Waals surface area contributed by atoms with Crippen LogP contribution >= 0.6 is 11.6 Å². The fourth-order valence-electron chi connectivity index (χ4n) is 0.385. The average molecular weight is 157 g/mol. The molecule has 1 aromatic carbocycles. The van der Waals surface area contributed by atoms with Gasteiger partial charge in [0.25, 0.3) is 0 Å². The number of benzene rings is 1. The van der Waals surface area contributed by atoms with Crippen molar-refractivity contribution in [1.82, 2.24) is 0 Å². The summed E-state index contributed by atoms with van der Waals surface area (Å²) in [7, 11) is 0. The van der Waals surface area contributed by atoms with E-state index in [1.54, 1.807) is 0 Å². The van der Waals surface area contributed by atoms with Gasteiger partial charge in [0.1, 0.15) is 0 Å². The molecule has 0 N–H and O–H groups in total. The molecule has 0 saturated carbocycles. The number of hydrogen-bond donors (Lipinski definition) is 0. The van der Waals surface area contributed by atoms with E-state index in [1.807, 2.05) is 50.2 Å². The third-order valence-electron chi connectivity index (χ3n) is 0.667. The molecule has 0 aliphatic rings. The quantitative estimate of drug-likeness (QED) is 0.506. The summed E-state index contributed by atoms with van der Waals surface area (Å²) in [5.74, 6) is 0. The van der Waals surface area contributed by atoms with Crippen LogP contribution in [-0.2, 0) is 0 Å². The smallest absolute Gasteiger partial charge is 0.0279 e. The van der Waals surface area contributed by atoms with Gasteiger partial charge in [0.15, 0.2) is 0 Å². The van der Waals surface area contributed by atoms with Crippen molar-refractivity contribution in [3.63, 3.8) is 0 Å². The molecular weight excluding hydrogens is 144 g/mol. The Labute approximate surface area is 67.8 Å². The van der Waals surface area contributed by atoms with Gasteiger partial charge in [0.2, 0.25) is 0 Å². The molecule has 0 spiro atoms. The van der Waals surface area contributed by atoms with Crippen LogP contribution in [0, 0.1) is 0 Å². The lowest BCUT2D eigenvalue weighted by molar-refractivity contribution is 1.10. The zero-order valence-electron chi connectivity index (χ0n) is 6.42. The third kappa shape index (κ3) is 10.5. The molecule has 0 aliphatic carbocycles. The summed E-state index contributed by atoms with van der Waals surface area (Å²) in [6.07, 6.45) is 0. The van der Waals surface area contributed by atoms with Gasteiger partial charge in [0.05, 0.1) is 0 Å². The SMILES string of the molecule is CC(C)Cl.c1ccccc1. The molecule has 0 unspecified atom stereocenters. The molecular formula is C9H13Cl. The summed E-state index contributed by atoms with van der Waals surface area (Å²) in [4.78, 5) is 0. The molecule has 0 saturated heterocycles. The number of hydrogen-bond acceptors (Lipinski definition) is 0. The zero-order chi connectivity index (χ0) is 7.82. The number of halogens is 1. The maximum atomic E-state index is 5.27. The minimum Gasteiger partial charge on any atom is -0.124 e. The molecule has 0 aliphatic heterocycles. The Balaban J connectivity index is 0.000000180. The molecule has 0 heterocycles. The van der Waals surface area contributed by atoms with E-state index in [-0.39, 0.29) is 0 Å². The van der Waals surface area contributed by atoms with Crippen molar-refractivity contribution in [3.8, 4) is 0 Å². The fraction of sp³-hybridized carbons (Fsp3) is 0.333. The lowest BCUT2D eigenvalue weighted by Gasteiger charge is -1.76. The first-order valence-corrected chi connectivity index (χ1v) is 3.81. The van der Waals surface area contributed by atoms with Crippen LogP contribution in [0.2, 0.25) is 0 Å². The van der Waals surface area contributed by atoms with Crippen LogP contribution in [0.5, 0.6) is 0 Å². The van der Waals surface area contributed by atoms with E-state index in [9.17, 15) is 0 Å². The molecule has 0 nitrogen and oxygen atoms in total. The van der Waals surface area contributed by atoms with Crippen LogP contribution < -0.4 is 0 Å². The molecule has 0 fully saturated rings. The summed E-state index contributed by atoms with van der Waals surface area (Å²) in [6, 6.07) is 12.0. The molecule has 0 atom stereocenters. The number of alkyl halides is 1. The standard InChI is InChI=1S/C6H6.C3H7Cl/c1-2-4-6-5-3-1;1-3(2)4/h1-6H;3H,1-2H3. The van der Waals surface area contributed by atoms with E-state index in [2.05, 4.69) is 0 Å². The van der Waals surface area contributed by atoms with Crippen molar-refractivity contribution in [3.05, 3.63) is 36.4 Å². The van der Waals surface area contributed by atoms with Crippen molar-refractivity contribution < 1.29 is 0 Å². The van der Waals surface area contributed by atoms with Crippen LogP contribution in [0.1, 0.15) is 13.8 Å². The second kappa shape index (κ2) is 6.63. The molecule has 0 amide bonds. The lowest BCUT2D eigenvalue weighted by Crippen LogP contribution is -1.70. The summed E-state index contributed by atoms with van der Waals surface area (Å²) in [5.41, 5.74) is 0. The Morgan fingerprint density at radius 1 is 0.800 bits per heavy atom. The highest BCUT2D eigenvalue weighted by atomic mass is 35.5. The zero-order valence-corrected chi connectivity index (χ0v) is 7.18. The predicted molar refractivity (Wildman–Crippen MR) is 47.4 cm³/mol. The van der Waals surface area contributed by atoms with Crippen LogP contribution in [0.3, 0.4) is 0 Å². The molecule has 0 bridgehead atoms. The van der Waals surface area contributed by atoms with Crippen molar-refractivity contribution in [1.29, 1.82) is 0 Å². The summed E-state index contributed by atoms with van der Waals surface area (Å²) in [6.45, 7) is 3.86. The van der Waals surface area contributed by atoms with E-state index in [4.69, 9.17) is 11.6 Å². The van der Waals surface area contributed by atoms with Gasteiger partial charge < -0.3 is 0 Å². The molecule has 10 heavy (non-hydrogen) atoms. The lowest BCUT2D eigenvalue weighted by atomic mass is 10.4. The van der Waals surface area contributed by atoms with Gasteiger partial charge >= 0.3 is 0 Å². The maximum absolute atomic E-state index is 5.27. The van der Waals surface area contributed by atoms with Crippen molar-refractivity contribution in [2.45, 2.75) is 19.2 Å². The third-order valence-corrected chi connectivity index (χ3v) is 0.667. The van der Waals surface area contributed by atoms with Crippen molar-refractivity contribution in [2.75, 3.05) is 0 Å². The molecule has 1 rings (SSSR count). The van der Waals surface area contributed by atoms with Gasteiger partial charge in [-0.3, -0.25) is 0 Å². The Morgan fingerprint density at radius 3 is 1.00 bits per heavy atom. The first-order valence-electron chi connectivity index (χ1n) is 3.37. The first-order chi connectivity index (χ1) is 4.73. The van der Waals surface area contributed by atoms with E-state index in [1.165, 1.54) is 0 Å². The number of rotatable bonds is 0. The Morgan fingerprint density at radius 2 is 0.900 bits per heavy atom. The van der Waals surface area contributed by atoms with Crippen LogP contribution in [0.15, 0.2) is 36.4 Å². The Bertz CT molecular complexity index is 105.